The highest BCUT2D eigenvalue weighted by atomic mass is 35.5. The molecule has 0 spiro atoms. The Morgan fingerprint density at radius 2 is 1.18 bits per heavy atom. The van der Waals surface area contributed by atoms with Crippen LogP contribution in [0.15, 0.2) is 97.1 Å². The van der Waals surface area contributed by atoms with Crippen LogP contribution in [-0.4, -0.2) is 5.75 Å². The van der Waals surface area contributed by atoms with E-state index >= 15 is 0 Å². The van der Waals surface area contributed by atoms with E-state index in [0.29, 0.717) is 5.92 Å². The fourth-order valence-corrected chi connectivity index (χ4v) is 5.20. The highest BCUT2D eigenvalue weighted by Crippen LogP contribution is 2.32. The van der Waals surface area contributed by atoms with Gasteiger partial charge in [-0.25, -0.2) is 0 Å². The molecule has 0 aromatic heterocycles. The third-order valence-electron chi connectivity index (χ3n) is 6.05. The first kappa shape index (κ1) is 24.3. The van der Waals surface area contributed by atoms with Crippen LogP contribution in [0.2, 0.25) is 10.0 Å². The summed E-state index contributed by atoms with van der Waals surface area (Å²) in [6, 6.07) is 33.9. The lowest BCUT2D eigenvalue weighted by atomic mass is 9.87. The molecule has 0 amide bonds. The first-order valence-electron chi connectivity index (χ1n) is 11.1. The average molecular weight is 510 g/mol. The van der Waals surface area contributed by atoms with E-state index in [1.54, 1.807) is 10.8 Å². The Morgan fingerprint density at radius 1 is 0.636 bits per heavy atom. The summed E-state index contributed by atoms with van der Waals surface area (Å²) in [5.41, 5.74) is 7.66. The van der Waals surface area contributed by atoms with Gasteiger partial charge < -0.3 is 0 Å². The van der Waals surface area contributed by atoms with Crippen LogP contribution in [0.4, 0.5) is 0 Å². The van der Waals surface area contributed by atoms with Gasteiger partial charge in [0.2, 0.25) is 0 Å². The minimum Gasteiger partial charge on any atom is -0.111 e. The molecule has 0 aliphatic heterocycles. The number of rotatable bonds is 9. The summed E-state index contributed by atoms with van der Waals surface area (Å²) >= 11 is 16.5. The summed E-state index contributed by atoms with van der Waals surface area (Å²) in [5, 5.41) is 1.53. The van der Waals surface area contributed by atoms with Crippen LogP contribution < -0.4 is 0 Å². The van der Waals surface area contributed by atoms with Crippen molar-refractivity contribution >= 4 is 45.7 Å². The standard InChI is InChI=1S/C29H26Cl2S2/c30-27-15-11-23(12-16-27)21-5-7-22(8-6-21)24(19-20-33-32)9-10-25-3-1-2-4-29(25)26-13-17-28(31)18-14-26/h1-8,11-18,24,32H,9-10,19-20H2. The predicted octanol–water partition coefficient (Wildman–Crippen LogP) is 10.0. The molecule has 0 aliphatic rings. The molecule has 0 saturated carbocycles. The van der Waals surface area contributed by atoms with Crippen molar-refractivity contribution in [2.75, 3.05) is 5.75 Å². The van der Waals surface area contributed by atoms with Gasteiger partial charge in [-0.15, -0.1) is 11.7 Å². The maximum Gasteiger partial charge on any atom is 0.0406 e. The van der Waals surface area contributed by atoms with Gasteiger partial charge in [0, 0.05) is 15.8 Å². The molecule has 33 heavy (non-hydrogen) atoms. The van der Waals surface area contributed by atoms with E-state index in [1.807, 2.05) is 24.3 Å². The topological polar surface area (TPSA) is 0 Å². The van der Waals surface area contributed by atoms with Gasteiger partial charge in [0.25, 0.3) is 0 Å². The summed E-state index contributed by atoms with van der Waals surface area (Å²) in [6.45, 7) is 0. The number of halogens is 2. The van der Waals surface area contributed by atoms with Crippen molar-refractivity contribution in [3.63, 3.8) is 0 Å². The molecule has 0 bridgehead atoms. The van der Waals surface area contributed by atoms with Crippen molar-refractivity contribution in [1.29, 1.82) is 0 Å². The number of benzene rings is 4. The van der Waals surface area contributed by atoms with Crippen LogP contribution >= 0.6 is 45.7 Å². The minimum absolute atomic E-state index is 0.488. The largest absolute Gasteiger partial charge is 0.111 e. The molecule has 4 heteroatoms. The fraction of sp³-hybridized carbons (Fsp3) is 0.172. The molecule has 0 N–H and O–H groups in total. The summed E-state index contributed by atoms with van der Waals surface area (Å²) in [6.07, 6.45) is 3.23. The van der Waals surface area contributed by atoms with E-state index in [4.69, 9.17) is 23.2 Å². The van der Waals surface area contributed by atoms with E-state index < -0.39 is 0 Å². The monoisotopic (exact) mass is 508 g/mol. The lowest BCUT2D eigenvalue weighted by Crippen LogP contribution is -2.03. The van der Waals surface area contributed by atoms with Crippen LogP contribution in [0.3, 0.4) is 0 Å². The Labute approximate surface area is 216 Å². The average Bonchev–Trinajstić information content (AvgIpc) is 2.86. The Bertz CT molecular complexity index is 1150. The zero-order chi connectivity index (χ0) is 23.0. The van der Waals surface area contributed by atoms with Crippen molar-refractivity contribution in [2.24, 2.45) is 0 Å². The van der Waals surface area contributed by atoms with Gasteiger partial charge in [-0.2, -0.15) is 0 Å². The van der Waals surface area contributed by atoms with Crippen molar-refractivity contribution < 1.29 is 0 Å². The Hall–Kier alpha value is -1.84. The van der Waals surface area contributed by atoms with Crippen molar-refractivity contribution in [2.45, 2.75) is 25.2 Å². The quantitative estimate of drug-likeness (QED) is 0.173. The van der Waals surface area contributed by atoms with Gasteiger partial charge in [0.1, 0.15) is 0 Å². The molecular formula is C29H26Cl2S2. The van der Waals surface area contributed by atoms with Gasteiger partial charge >= 0.3 is 0 Å². The van der Waals surface area contributed by atoms with Crippen LogP contribution in [0.1, 0.15) is 29.9 Å². The Balaban J connectivity index is 1.52. The normalized spacial score (nSPS) is 12.0. The maximum absolute atomic E-state index is 6.10. The number of hydrogen-bond donors (Lipinski definition) is 1. The first-order chi connectivity index (χ1) is 16.1. The molecule has 0 saturated heterocycles. The Morgan fingerprint density at radius 3 is 1.79 bits per heavy atom. The van der Waals surface area contributed by atoms with E-state index in [-0.39, 0.29) is 0 Å². The van der Waals surface area contributed by atoms with Crippen molar-refractivity contribution in [1.82, 2.24) is 0 Å². The smallest absolute Gasteiger partial charge is 0.0406 e. The SMILES string of the molecule is SSCCC(CCc1ccccc1-c1ccc(Cl)cc1)c1ccc(-c2ccc(Cl)cc2)cc1. The third kappa shape index (κ3) is 6.61. The molecule has 168 valence electrons. The Kier molecular flexibility index (Phi) is 8.86. The molecule has 0 radical (unpaired) electrons. The summed E-state index contributed by atoms with van der Waals surface area (Å²) in [5.74, 6) is 1.52. The van der Waals surface area contributed by atoms with Crippen LogP contribution in [-0.2, 0) is 6.42 Å². The molecule has 0 fully saturated rings. The highest BCUT2D eigenvalue weighted by Gasteiger charge is 2.14. The van der Waals surface area contributed by atoms with Gasteiger partial charge in [0.05, 0.1) is 0 Å². The first-order valence-corrected chi connectivity index (χ1v) is 13.9. The van der Waals surface area contributed by atoms with Crippen molar-refractivity contribution in [3.8, 4) is 22.3 Å². The van der Waals surface area contributed by atoms with Crippen molar-refractivity contribution in [3.05, 3.63) is 118 Å². The molecule has 4 aromatic carbocycles. The van der Waals surface area contributed by atoms with Crippen LogP contribution in [0.25, 0.3) is 22.3 Å². The molecule has 4 rings (SSSR count). The zero-order valence-electron chi connectivity index (χ0n) is 18.3. The summed E-state index contributed by atoms with van der Waals surface area (Å²) < 4.78 is 0. The molecular weight excluding hydrogens is 483 g/mol. The predicted molar refractivity (Wildman–Crippen MR) is 151 cm³/mol. The minimum atomic E-state index is 0.488. The van der Waals surface area contributed by atoms with Crippen LogP contribution in [0.5, 0.6) is 0 Å². The molecule has 0 aliphatic carbocycles. The van der Waals surface area contributed by atoms with Gasteiger partial charge in [0.15, 0.2) is 0 Å². The molecule has 0 nitrogen and oxygen atoms in total. The van der Waals surface area contributed by atoms with Gasteiger partial charge in [-0.3, -0.25) is 0 Å². The summed E-state index contributed by atoms with van der Waals surface area (Å²) in [7, 11) is 1.62. The lowest BCUT2D eigenvalue weighted by Gasteiger charge is -2.19. The number of hydrogen-bond acceptors (Lipinski definition) is 2. The highest BCUT2D eigenvalue weighted by molar-refractivity contribution is 8.68. The molecule has 1 unspecified atom stereocenters. The second kappa shape index (κ2) is 12.0. The van der Waals surface area contributed by atoms with E-state index in [1.165, 1.54) is 33.4 Å². The molecule has 0 heterocycles. The molecule has 1 atom stereocenters. The zero-order valence-corrected chi connectivity index (χ0v) is 21.5. The fourth-order valence-electron chi connectivity index (χ4n) is 4.24. The van der Waals surface area contributed by atoms with Gasteiger partial charge in [-0.05, 0) is 82.8 Å². The third-order valence-corrected chi connectivity index (χ3v) is 7.52. The van der Waals surface area contributed by atoms with E-state index in [2.05, 4.69) is 84.5 Å². The van der Waals surface area contributed by atoms with E-state index in [9.17, 15) is 0 Å². The summed E-state index contributed by atoms with van der Waals surface area (Å²) in [4.78, 5) is 0. The van der Waals surface area contributed by atoms with E-state index in [0.717, 1.165) is 35.1 Å². The number of thiol groups is 1. The maximum atomic E-state index is 6.10. The number of aryl methyl sites for hydroxylation is 1. The second-order valence-electron chi connectivity index (χ2n) is 8.15. The van der Waals surface area contributed by atoms with Gasteiger partial charge in [-0.1, -0.05) is 107 Å². The molecule has 4 aromatic rings. The second-order valence-corrected chi connectivity index (χ2v) is 10.5. The lowest BCUT2D eigenvalue weighted by molar-refractivity contribution is 0.611. The van der Waals surface area contributed by atoms with Crippen LogP contribution in [0, 0.1) is 0 Å².